The second-order valence-electron chi connectivity index (χ2n) is 6.82. The molecule has 0 fully saturated rings. The number of carbonyl (C=O) groups is 2. The van der Waals surface area contributed by atoms with Gasteiger partial charge < -0.3 is 14.6 Å². The fourth-order valence-electron chi connectivity index (χ4n) is 3.54. The van der Waals surface area contributed by atoms with Crippen molar-refractivity contribution in [3.8, 4) is 0 Å². The van der Waals surface area contributed by atoms with Gasteiger partial charge in [-0.1, -0.05) is 12.1 Å². The number of rotatable bonds is 5. The van der Waals surface area contributed by atoms with Crippen LogP contribution in [0.2, 0.25) is 0 Å². The smallest absolute Gasteiger partial charge is 0.303 e. The third kappa shape index (κ3) is 3.30. The molecule has 8 nitrogen and oxygen atoms in total. The molecule has 2 aromatic heterocycles. The zero-order valence-electron chi connectivity index (χ0n) is 15.1. The number of aromatic nitrogens is 4. The highest BCUT2D eigenvalue weighted by molar-refractivity contribution is 5.83. The predicted octanol–water partition coefficient (Wildman–Crippen LogP) is 1.85. The summed E-state index contributed by atoms with van der Waals surface area (Å²) in [7, 11) is 0. The summed E-state index contributed by atoms with van der Waals surface area (Å²) < 4.78 is 3.78. The Labute approximate surface area is 156 Å². The summed E-state index contributed by atoms with van der Waals surface area (Å²) >= 11 is 0. The lowest BCUT2D eigenvalue weighted by molar-refractivity contribution is -0.137. The number of hydrogen-bond donors (Lipinski definition) is 1. The van der Waals surface area contributed by atoms with Crippen molar-refractivity contribution in [1.29, 1.82) is 0 Å². The average Bonchev–Trinajstić information content (AvgIpc) is 3.28. The van der Waals surface area contributed by atoms with Crippen molar-refractivity contribution in [2.24, 2.45) is 0 Å². The van der Waals surface area contributed by atoms with Crippen LogP contribution in [-0.4, -0.2) is 47.8 Å². The highest BCUT2D eigenvalue weighted by Gasteiger charge is 2.27. The minimum atomic E-state index is -0.834. The van der Waals surface area contributed by atoms with Gasteiger partial charge >= 0.3 is 5.97 Å². The first-order valence-electron chi connectivity index (χ1n) is 9.00. The number of para-hydroxylation sites is 2. The van der Waals surface area contributed by atoms with E-state index in [0.717, 1.165) is 22.4 Å². The Kier molecular flexibility index (Phi) is 4.39. The van der Waals surface area contributed by atoms with Crippen LogP contribution in [0.15, 0.2) is 36.7 Å². The van der Waals surface area contributed by atoms with Gasteiger partial charge in [-0.2, -0.15) is 5.10 Å². The SMILES string of the molecule is C[C@H](C(=O)N1CCn2nc(CCC(=O)O)cc2C1)n1cnc2ccccc21. The molecule has 0 saturated carbocycles. The zero-order chi connectivity index (χ0) is 19.0. The van der Waals surface area contributed by atoms with Crippen LogP contribution < -0.4 is 0 Å². The number of carboxylic acid groups (broad SMARTS) is 1. The van der Waals surface area contributed by atoms with Crippen molar-refractivity contribution in [1.82, 2.24) is 24.2 Å². The van der Waals surface area contributed by atoms with Gasteiger partial charge in [0.2, 0.25) is 5.91 Å². The number of benzene rings is 1. The third-order valence-electron chi connectivity index (χ3n) is 5.01. The van der Waals surface area contributed by atoms with E-state index in [-0.39, 0.29) is 18.4 Å². The molecule has 8 heteroatoms. The molecule has 0 radical (unpaired) electrons. The van der Waals surface area contributed by atoms with Gasteiger partial charge in [-0.25, -0.2) is 4.98 Å². The zero-order valence-corrected chi connectivity index (χ0v) is 15.1. The molecule has 4 rings (SSSR count). The molecule has 0 unspecified atom stereocenters. The van der Waals surface area contributed by atoms with Gasteiger partial charge in [-0.15, -0.1) is 0 Å². The van der Waals surface area contributed by atoms with Crippen LogP contribution in [0, 0.1) is 0 Å². The largest absolute Gasteiger partial charge is 0.481 e. The Hall–Kier alpha value is -3.16. The molecule has 0 aliphatic carbocycles. The maximum Gasteiger partial charge on any atom is 0.303 e. The second kappa shape index (κ2) is 6.86. The summed E-state index contributed by atoms with van der Waals surface area (Å²) in [5.74, 6) is -0.795. The van der Waals surface area contributed by atoms with E-state index in [1.54, 1.807) is 6.33 Å². The summed E-state index contributed by atoms with van der Waals surface area (Å²) in [5, 5.41) is 13.3. The summed E-state index contributed by atoms with van der Waals surface area (Å²) in [4.78, 5) is 30.0. The van der Waals surface area contributed by atoms with Gasteiger partial charge in [0, 0.05) is 13.0 Å². The van der Waals surface area contributed by atoms with E-state index in [2.05, 4.69) is 10.1 Å². The molecule has 0 bridgehead atoms. The van der Waals surface area contributed by atoms with Crippen LogP contribution in [0.5, 0.6) is 0 Å². The van der Waals surface area contributed by atoms with E-state index < -0.39 is 5.97 Å². The number of nitrogens with zero attached hydrogens (tertiary/aromatic N) is 5. The van der Waals surface area contributed by atoms with Crippen molar-refractivity contribution in [3.63, 3.8) is 0 Å². The number of aryl methyl sites for hydroxylation is 1. The highest BCUT2D eigenvalue weighted by Crippen LogP contribution is 2.22. The van der Waals surface area contributed by atoms with Crippen molar-refractivity contribution < 1.29 is 14.7 Å². The maximum absolute atomic E-state index is 13.0. The lowest BCUT2D eigenvalue weighted by Crippen LogP contribution is -2.41. The standard InChI is InChI=1S/C19H21N5O3/c1-13(23-12-20-16-4-2-3-5-17(16)23)19(27)22-8-9-24-15(11-22)10-14(21-24)6-7-18(25)26/h2-5,10,12-13H,6-9,11H2,1H3,(H,25,26)/t13-/m1/s1. The number of carbonyl (C=O) groups excluding carboxylic acids is 1. The van der Waals surface area contributed by atoms with Crippen LogP contribution in [0.4, 0.5) is 0 Å². The van der Waals surface area contributed by atoms with E-state index in [0.29, 0.717) is 26.1 Å². The molecule has 1 amide bonds. The molecule has 1 atom stereocenters. The van der Waals surface area contributed by atoms with Gasteiger partial charge in [0.05, 0.1) is 48.3 Å². The van der Waals surface area contributed by atoms with Gasteiger partial charge in [-0.05, 0) is 25.1 Å². The monoisotopic (exact) mass is 367 g/mol. The van der Waals surface area contributed by atoms with E-state index >= 15 is 0 Å². The van der Waals surface area contributed by atoms with E-state index in [9.17, 15) is 9.59 Å². The maximum atomic E-state index is 13.0. The number of carboxylic acids is 1. The van der Waals surface area contributed by atoms with Crippen molar-refractivity contribution in [3.05, 3.63) is 48.0 Å². The molecule has 1 N–H and O–H groups in total. The average molecular weight is 367 g/mol. The Morgan fingerprint density at radius 1 is 1.26 bits per heavy atom. The first-order valence-corrected chi connectivity index (χ1v) is 9.00. The van der Waals surface area contributed by atoms with Crippen LogP contribution in [0.1, 0.15) is 30.8 Å². The van der Waals surface area contributed by atoms with Gasteiger partial charge in [0.1, 0.15) is 6.04 Å². The lowest BCUT2D eigenvalue weighted by Gasteiger charge is -2.30. The lowest BCUT2D eigenvalue weighted by atomic mass is 10.2. The molecular weight excluding hydrogens is 346 g/mol. The van der Waals surface area contributed by atoms with Gasteiger partial charge in [0.15, 0.2) is 0 Å². The summed E-state index contributed by atoms with van der Waals surface area (Å²) in [6.45, 7) is 3.57. The molecule has 0 saturated heterocycles. The van der Waals surface area contributed by atoms with Crippen molar-refractivity contribution >= 4 is 22.9 Å². The van der Waals surface area contributed by atoms with Crippen LogP contribution in [0.25, 0.3) is 11.0 Å². The van der Waals surface area contributed by atoms with Crippen molar-refractivity contribution in [2.75, 3.05) is 6.54 Å². The second-order valence-corrected chi connectivity index (χ2v) is 6.82. The molecule has 27 heavy (non-hydrogen) atoms. The van der Waals surface area contributed by atoms with Crippen LogP contribution in [-0.2, 0) is 29.1 Å². The predicted molar refractivity (Wildman–Crippen MR) is 98.0 cm³/mol. The summed E-state index contributed by atoms with van der Waals surface area (Å²) in [5.41, 5.74) is 3.52. The first kappa shape index (κ1) is 17.3. The molecule has 1 aliphatic heterocycles. The van der Waals surface area contributed by atoms with E-state index in [4.69, 9.17) is 5.11 Å². The minimum Gasteiger partial charge on any atom is -0.481 e. The molecular formula is C19H21N5O3. The Bertz CT molecular complexity index is 1010. The molecule has 0 spiro atoms. The number of amides is 1. The van der Waals surface area contributed by atoms with Crippen LogP contribution >= 0.6 is 0 Å². The van der Waals surface area contributed by atoms with E-state index in [1.165, 1.54) is 0 Å². The molecule has 3 aromatic rings. The van der Waals surface area contributed by atoms with E-state index in [1.807, 2.05) is 51.4 Å². The Balaban J connectivity index is 1.49. The normalized spacial score (nSPS) is 14.9. The van der Waals surface area contributed by atoms with Crippen molar-refractivity contribution in [2.45, 2.75) is 38.9 Å². The third-order valence-corrected chi connectivity index (χ3v) is 5.01. The quantitative estimate of drug-likeness (QED) is 0.743. The molecule has 3 heterocycles. The molecule has 1 aromatic carbocycles. The molecule has 1 aliphatic rings. The fourth-order valence-corrected chi connectivity index (χ4v) is 3.54. The number of imidazole rings is 1. The summed E-state index contributed by atoms with van der Waals surface area (Å²) in [6, 6.07) is 9.32. The first-order chi connectivity index (χ1) is 13.0. The minimum absolute atomic E-state index is 0.0395. The highest BCUT2D eigenvalue weighted by atomic mass is 16.4. The van der Waals surface area contributed by atoms with Gasteiger partial charge in [-0.3, -0.25) is 14.3 Å². The number of aliphatic carboxylic acids is 1. The molecule has 140 valence electrons. The number of hydrogen-bond acceptors (Lipinski definition) is 4. The van der Waals surface area contributed by atoms with Crippen LogP contribution in [0.3, 0.4) is 0 Å². The Morgan fingerprint density at radius 3 is 2.89 bits per heavy atom. The fraction of sp³-hybridized carbons (Fsp3) is 0.368. The van der Waals surface area contributed by atoms with Gasteiger partial charge in [0.25, 0.3) is 0 Å². The number of fused-ring (bicyclic) bond motifs is 2. The summed E-state index contributed by atoms with van der Waals surface area (Å²) in [6.07, 6.45) is 2.18. The topological polar surface area (TPSA) is 93.3 Å². The Morgan fingerprint density at radius 2 is 2.07 bits per heavy atom.